The number of thiazole rings is 1. The van der Waals surface area contributed by atoms with Crippen molar-refractivity contribution in [3.8, 4) is 5.75 Å². The van der Waals surface area contributed by atoms with E-state index in [2.05, 4.69) is 10.3 Å². The van der Waals surface area contributed by atoms with Gasteiger partial charge in [-0.25, -0.2) is 4.98 Å². The number of nitrogens with one attached hydrogen (secondary N) is 1. The number of pyridine rings is 1. The first-order valence-electron chi connectivity index (χ1n) is 8.07. The second-order valence-corrected chi connectivity index (χ2v) is 7.50. The highest BCUT2D eigenvalue weighted by atomic mass is 32.1. The molecule has 6 nitrogen and oxygen atoms in total. The standard InChI is InChI=1S/C17H21N3O3S/c1-10-6-13(21)7-16(23)20(10)9-15(22)18-8-12-4-3-5-14-17(12)19-11(2)24-14/h6-7,12,21H,3-5,8-9H2,1-2H3,(H,18,22). The Morgan fingerprint density at radius 2 is 2.25 bits per heavy atom. The first-order valence-corrected chi connectivity index (χ1v) is 8.89. The molecule has 1 unspecified atom stereocenters. The van der Waals surface area contributed by atoms with E-state index >= 15 is 0 Å². The van der Waals surface area contributed by atoms with Crippen molar-refractivity contribution in [2.75, 3.05) is 6.54 Å². The number of nitrogens with zero attached hydrogens (tertiary/aromatic N) is 2. The summed E-state index contributed by atoms with van der Waals surface area (Å²) in [5, 5.41) is 13.4. The molecule has 0 bridgehead atoms. The molecule has 0 spiro atoms. The molecule has 0 aliphatic heterocycles. The van der Waals surface area contributed by atoms with Gasteiger partial charge in [0.05, 0.1) is 10.7 Å². The van der Waals surface area contributed by atoms with E-state index in [0.717, 1.165) is 36.0 Å². The molecule has 1 atom stereocenters. The molecule has 0 saturated heterocycles. The average molecular weight is 347 g/mol. The summed E-state index contributed by atoms with van der Waals surface area (Å²) in [5.41, 5.74) is 1.31. The maximum absolute atomic E-state index is 12.2. The molecule has 1 aliphatic carbocycles. The Morgan fingerprint density at radius 3 is 3.00 bits per heavy atom. The highest BCUT2D eigenvalue weighted by molar-refractivity contribution is 7.11. The van der Waals surface area contributed by atoms with Crippen LogP contribution in [0.25, 0.3) is 0 Å². The van der Waals surface area contributed by atoms with Gasteiger partial charge in [0.2, 0.25) is 5.91 Å². The van der Waals surface area contributed by atoms with E-state index in [0.29, 0.717) is 12.2 Å². The van der Waals surface area contributed by atoms with Gasteiger partial charge in [-0.05, 0) is 39.2 Å². The van der Waals surface area contributed by atoms with E-state index in [1.807, 2.05) is 6.92 Å². The number of amides is 1. The van der Waals surface area contributed by atoms with Gasteiger partial charge in [0.15, 0.2) is 0 Å². The fraction of sp³-hybridized carbons (Fsp3) is 0.471. The number of carbonyl (C=O) groups excluding carboxylic acids is 1. The number of fused-ring (bicyclic) bond motifs is 1. The number of aromatic nitrogens is 2. The Morgan fingerprint density at radius 1 is 1.46 bits per heavy atom. The maximum atomic E-state index is 12.2. The molecule has 0 aromatic carbocycles. The Labute approximate surface area is 144 Å². The summed E-state index contributed by atoms with van der Waals surface area (Å²) in [6.07, 6.45) is 3.22. The number of aryl methyl sites for hydroxylation is 3. The lowest BCUT2D eigenvalue weighted by atomic mass is 9.91. The fourth-order valence-electron chi connectivity index (χ4n) is 3.18. The predicted molar refractivity (Wildman–Crippen MR) is 92.6 cm³/mol. The summed E-state index contributed by atoms with van der Waals surface area (Å²) in [5.74, 6) is -0.0342. The van der Waals surface area contributed by atoms with Crippen molar-refractivity contribution in [3.05, 3.63) is 43.8 Å². The van der Waals surface area contributed by atoms with Crippen molar-refractivity contribution in [1.29, 1.82) is 0 Å². The minimum absolute atomic E-state index is 0.0411. The average Bonchev–Trinajstić information content (AvgIpc) is 2.89. The van der Waals surface area contributed by atoms with Gasteiger partial charge in [-0.2, -0.15) is 0 Å². The van der Waals surface area contributed by atoms with Crippen LogP contribution in [-0.4, -0.2) is 27.1 Å². The normalized spacial score (nSPS) is 16.7. The molecular weight excluding hydrogens is 326 g/mol. The number of hydrogen-bond donors (Lipinski definition) is 2. The van der Waals surface area contributed by atoms with Gasteiger partial charge in [-0.1, -0.05) is 0 Å². The summed E-state index contributed by atoms with van der Waals surface area (Å²) in [4.78, 5) is 30.0. The van der Waals surface area contributed by atoms with E-state index in [1.54, 1.807) is 18.3 Å². The highest BCUT2D eigenvalue weighted by Gasteiger charge is 2.24. The smallest absolute Gasteiger partial charge is 0.254 e. The number of hydrogen-bond acceptors (Lipinski definition) is 5. The van der Waals surface area contributed by atoms with Crippen molar-refractivity contribution in [2.45, 2.75) is 45.6 Å². The topological polar surface area (TPSA) is 84.2 Å². The summed E-state index contributed by atoms with van der Waals surface area (Å²) >= 11 is 1.74. The summed E-state index contributed by atoms with van der Waals surface area (Å²) in [7, 11) is 0. The Hall–Kier alpha value is -2.15. The van der Waals surface area contributed by atoms with Crippen LogP contribution in [0, 0.1) is 13.8 Å². The number of aromatic hydroxyl groups is 1. The van der Waals surface area contributed by atoms with Gasteiger partial charge in [-0.3, -0.25) is 9.59 Å². The van der Waals surface area contributed by atoms with Gasteiger partial charge >= 0.3 is 0 Å². The second kappa shape index (κ2) is 6.76. The van der Waals surface area contributed by atoms with E-state index in [4.69, 9.17) is 0 Å². The van der Waals surface area contributed by atoms with Gasteiger partial charge in [0.25, 0.3) is 5.56 Å². The molecular formula is C17H21N3O3S. The molecule has 0 saturated carbocycles. The lowest BCUT2D eigenvalue weighted by Gasteiger charge is -2.21. The van der Waals surface area contributed by atoms with Crippen LogP contribution in [0.4, 0.5) is 0 Å². The lowest BCUT2D eigenvalue weighted by Crippen LogP contribution is -2.35. The minimum atomic E-state index is -0.377. The highest BCUT2D eigenvalue weighted by Crippen LogP contribution is 2.34. The molecule has 2 heterocycles. The largest absolute Gasteiger partial charge is 0.508 e. The molecule has 128 valence electrons. The SMILES string of the molecule is Cc1nc2c(s1)CCCC2CNC(=O)Cn1c(C)cc(O)cc1=O. The van der Waals surface area contributed by atoms with Crippen molar-refractivity contribution in [1.82, 2.24) is 14.9 Å². The van der Waals surface area contributed by atoms with Crippen LogP contribution in [0.1, 0.15) is 40.0 Å². The summed E-state index contributed by atoms with van der Waals surface area (Å²) < 4.78 is 1.36. The summed E-state index contributed by atoms with van der Waals surface area (Å²) in [6.45, 7) is 4.21. The first kappa shape index (κ1) is 16.7. The predicted octanol–water partition coefficient (Wildman–Crippen LogP) is 1.86. The van der Waals surface area contributed by atoms with Crippen LogP contribution in [-0.2, 0) is 17.8 Å². The molecule has 2 aromatic heterocycles. The van der Waals surface area contributed by atoms with Crippen LogP contribution >= 0.6 is 11.3 Å². The summed E-state index contributed by atoms with van der Waals surface area (Å²) in [6, 6.07) is 2.59. The van der Waals surface area contributed by atoms with Crippen LogP contribution < -0.4 is 10.9 Å². The Balaban J connectivity index is 1.64. The molecule has 3 rings (SSSR count). The van der Waals surface area contributed by atoms with E-state index in [1.165, 1.54) is 15.5 Å². The maximum Gasteiger partial charge on any atom is 0.254 e. The second-order valence-electron chi connectivity index (χ2n) is 6.21. The third kappa shape index (κ3) is 3.51. The fourth-order valence-corrected chi connectivity index (χ4v) is 4.24. The molecule has 2 N–H and O–H groups in total. The van der Waals surface area contributed by atoms with E-state index in [-0.39, 0.29) is 29.7 Å². The number of rotatable bonds is 4. The zero-order valence-electron chi connectivity index (χ0n) is 13.8. The molecule has 1 aliphatic rings. The number of carbonyl (C=O) groups is 1. The molecule has 24 heavy (non-hydrogen) atoms. The quantitative estimate of drug-likeness (QED) is 0.884. The molecule has 0 fully saturated rings. The van der Waals surface area contributed by atoms with Crippen molar-refractivity contribution in [2.24, 2.45) is 0 Å². The molecule has 2 aromatic rings. The lowest BCUT2D eigenvalue weighted by molar-refractivity contribution is -0.121. The van der Waals surface area contributed by atoms with E-state index < -0.39 is 0 Å². The third-order valence-electron chi connectivity index (χ3n) is 4.34. The van der Waals surface area contributed by atoms with Gasteiger partial charge < -0.3 is 15.0 Å². The molecule has 1 amide bonds. The monoisotopic (exact) mass is 347 g/mol. The van der Waals surface area contributed by atoms with Crippen LogP contribution in [0.15, 0.2) is 16.9 Å². The van der Waals surface area contributed by atoms with Crippen LogP contribution in [0.2, 0.25) is 0 Å². The van der Waals surface area contributed by atoms with Crippen molar-refractivity contribution < 1.29 is 9.90 Å². The zero-order valence-corrected chi connectivity index (χ0v) is 14.7. The van der Waals surface area contributed by atoms with Crippen LogP contribution in [0.3, 0.4) is 0 Å². The third-order valence-corrected chi connectivity index (χ3v) is 5.39. The Kier molecular flexibility index (Phi) is 4.71. The van der Waals surface area contributed by atoms with Crippen molar-refractivity contribution in [3.63, 3.8) is 0 Å². The first-order chi connectivity index (χ1) is 11.4. The van der Waals surface area contributed by atoms with E-state index in [9.17, 15) is 14.7 Å². The minimum Gasteiger partial charge on any atom is -0.508 e. The van der Waals surface area contributed by atoms with Crippen LogP contribution in [0.5, 0.6) is 5.75 Å². The Bertz CT molecular complexity index is 825. The molecule has 0 radical (unpaired) electrons. The van der Waals surface area contributed by atoms with Gasteiger partial charge in [0, 0.05) is 29.1 Å². The molecule has 7 heteroatoms. The van der Waals surface area contributed by atoms with Gasteiger partial charge in [0.1, 0.15) is 12.3 Å². The van der Waals surface area contributed by atoms with Crippen molar-refractivity contribution >= 4 is 17.2 Å². The zero-order chi connectivity index (χ0) is 17.3. The van der Waals surface area contributed by atoms with Gasteiger partial charge in [-0.15, -0.1) is 11.3 Å².